The number of hydrogen-bond donors (Lipinski definition) is 0. The zero-order chi connectivity index (χ0) is 19.7. The first-order valence-electron chi connectivity index (χ1n) is 9.28. The number of aromatic nitrogens is 3. The molecule has 1 atom stereocenters. The highest BCUT2D eigenvalue weighted by atomic mass is 16.5. The number of hydrogen-bond acceptors (Lipinski definition) is 6. The van der Waals surface area contributed by atoms with Crippen molar-refractivity contribution in [3.8, 4) is 17.0 Å². The Morgan fingerprint density at radius 3 is 2.86 bits per heavy atom. The van der Waals surface area contributed by atoms with Gasteiger partial charge in [0, 0.05) is 18.2 Å². The zero-order valence-electron chi connectivity index (χ0n) is 16.2. The number of nitrogens with zero attached hydrogens (tertiary/aromatic N) is 4. The Labute approximate surface area is 163 Å². The summed E-state index contributed by atoms with van der Waals surface area (Å²) in [7, 11) is 1.58. The van der Waals surface area contributed by atoms with E-state index in [1.54, 1.807) is 7.11 Å². The van der Waals surface area contributed by atoms with Gasteiger partial charge in [-0.1, -0.05) is 17.3 Å². The molecular formula is C21H22N4O3. The molecule has 2 aromatic heterocycles. The van der Waals surface area contributed by atoms with Gasteiger partial charge in [-0.2, -0.15) is 0 Å². The summed E-state index contributed by atoms with van der Waals surface area (Å²) in [6, 6.07) is 9.34. The number of aryl methyl sites for hydroxylation is 2. The number of methoxy groups -OCH3 is 1. The van der Waals surface area contributed by atoms with E-state index in [-0.39, 0.29) is 11.9 Å². The van der Waals surface area contributed by atoms with Gasteiger partial charge in [0.15, 0.2) is 5.76 Å². The summed E-state index contributed by atoms with van der Waals surface area (Å²) < 4.78 is 10.8. The molecule has 144 valence electrons. The molecule has 1 amide bonds. The first kappa shape index (κ1) is 18.2. The second kappa shape index (κ2) is 7.42. The maximum Gasteiger partial charge on any atom is 0.254 e. The van der Waals surface area contributed by atoms with E-state index >= 15 is 0 Å². The Bertz CT molecular complexity index is 1010. The van der Waals surface area contributed by atoms with E-state index in [9.17, 15) is 4.79 Å². The van der Waals surface area contributed by atoms with Crippen LogP contribution in [-0.4, -0.2) is 39.6 Å². The first-order chi connectivity index (χ1) is 13.6. The minimum atomic E-state index is -0.0753. The van der Waals surface area contributed by atoms with Crippen LogP contribution in [0.1, 0.15) is 46.4 Å². The number of ether oxygens (including phenoxy) is 1. The van der Waals surface area contributed by atoms with Crippen molar-refractivity contribution in [1.82, 2.24) is 20.0 Å². The minimum absolute atomic E-state index is 0.0214. The third kappa shape index (κ3) is 3.24. The van der Waals surface area contributed by atoms with Crippen LogP contribution in [0.5, 0.6) is 5.88 Å². The van der Waals surface area contributed by atoms with Gasteiger partial charge in [-0.15, -0.1) is 0 Å². The number of amides is 1. The van der Waals surface area contributed by atoms with Crippen LogP contribution in [-0.2, 0) is 0 Å². The van der Waals surface area contributed by atoms with Crippen LogP contribution in [0.4, 0.5) is 0 Å². The standard InChI is InChI=1S/C21H22N4O3/c1-13-10-18(28-24-13)17-8-5-9-25(17)21(26)16-7-4-6-15(11-16)19-14(2)22-12-23-20(19)27-3/h4,6-7,10-12,17H,5,8-9H2,1-3H3/t17-/m0/s1. The molecule has 0 saturated carbocycles. The van der Waals surface area contributed by atoms with Crippen LogP contribution in [0, 0.1) is 13.8 Å². The van der Waals surface area contributed by atoms with Gasteiger partial charge < -0.3 is 14.2 Å². The number of carbonyl (C=O) groups excluding carboxylic acids is 1. The van der Waals surface area contributed by atoms with Gasteiger partial charge in [-0.05, 0) is 44.4 Å². The highest BCUT2D eigenvalue weighted by Gasteiger charge is 2.33. The number of carbonyl (C=O) groups is 1. The van der Waals surface area contributed by atoms with Crippen LogP contribution in [0.15, 0.2) is 41.2 Å². The summed E-state index contributed by atoms with van der Waals surface area (Å²) in [6.45, 7) is 4.48. The van der Waals surface area contributed by atoms with E-state index < -0.39 is 0 Å². The highest BCUT2D eigenvalue weighted by molar-refractivity contribution is 5.96. The molecule has 4 rings (SSSR count). The summed E-state index contributed by atoms with van der Waals surface area (Å²) in [4.78, 5) is 23.6. The van der Waals surface area contributed by atoms with Gasteiger partial charge in [0.2, 0.25) is 5.88 Å². The Morgan fingerprint density at radius 2 is 2.11 bits per heavy atom. The lowest BCUT2D eigenvalue weighted by atomic mass is 10.0. The quantitative estimate of drug-likeness (QED) is 0.688. The van der Waals surface area contributed by atoms with Crippen LogP contribution >= 0.6 is 0 Å². The molecule has 0 bridgehead atoms. The molecule has 0 spiro atoms. The number of likely N-dealkylation sites (tertiary alicyclic amines) is 1. The lowest BCUT2D eigenvalue weighted by Gasteiger charge is -2.23. The zero-order valence-corrected chi connectivity index (χ0v) is 16.2. The number of benzene rings is 1. The summed E-state index contributed by atoms with van der Waals surface area (Å²) >= 11 is 0. The Hall–Kier alpha value is -3.22. The summed E-state index contributed by atoms with van der Waals surface area (Å²) in [5.41, 5.74) is 3.89. The van der Waals surface area contributed by atoms with E-state index in [0.717, 1.165) is 41.1 Å². The molecule has 7 nitrogen and oxygen atoms in total. The third-order valence-electron chi connectivity index (χ3n) is 5.08. The molecule has 28 heavy (non-hydrogen) atoms. The molecule has 1 fully saturated rings. The van der Waals surface area contributed by atoms with E-state index in [1.165, 1.54) is 6.33 Å². The van der Waals surface area contributed by atoms with Gasteiger partial charge >= 0.3 is 0 Å². The van der Waals surface area contributed by atoms with Gasteiger partial charge in [-0.3, -0.25) is 4.79 Å². The molecule has 3 aromatic rings. The molecule has 1 saturated heterocycles. The number of rotatable bonds is 4. The fraction of sp³-hybridized carbons (Fsp3) is 0.333. The fourth-order valence-electron chi connectivity index (χ4n) is 3.76. The van der Waals surface area contributed by atoms with Gasteiger partial charge in [0.25, 0.3) is 5.91 Å². The minimum Gasteiger partial charge on any atom is -0.480 e. The maximum absolute atomic E-state index is 13.3. The Kier molecular flexibility index (Phi) is 4.81. The summed E-state index contributed by atoms with van der Waals surface area (Å²) in [6.07, 6.45) is 3.29. The SMILES string of the molecule is COc1ncnc(C)c1-c1cccc(C(=O)N2CCC[C@H]2c2cc(C)no2)c1. The monoisotopic (exact) mass is 378 g/mol. The van der Waals surface area contributed by atoms with Crippen molar-refractivity contribution < 1.29 is 14.1 Å². The predicted octanol–water partition coefficient (Wildman–Crippen LogP) is 3.73. The van der Waals surface area contributed by atoms with E-state index in [1.807, 2.05) is 49.1 Å². The van der Waals surface area contributed by atoms with Crippen LogP contribution in [0.2, 0.25) is 0 Å². The third-order valence-corrected chi connectivity index (χ3v) is 5.08. The average molecular weight is 378 g/mol. The van der Waals surface area contributed by atoms with Crippen molar-refractivity contribution in [2.75, 3.05) is 13.7 Å². The molecule has 0 radical (unpaired) electrons. The molecule has 0 N–H and O–H groups in total. The maximum atomic E-state index is 13.3. The largest absolute Gasteiger partial charge is 0.480 e. The van der Waals surface area contributed by atoms with Crippen molar-refractivity contribution in [1.29, 1.82) is 0 Å². The normalized spacial score (nSPS) is 16.4. The van der Waals surface area contributed by atoms with Gasteiger partial charge in [0.05, 0.1) is 30.1 Å². The molecular weight excluding hydrogens is 356 g/mol. The Morgan fingerprint density at radius 1 is 1.25 bits per heavy atom. The van der Waals surface area contributed by atoms with E-state index in [2.05, 4.69) is 15.1 Å². The molecule has 0 aliphatic carbocycles. The molecule has 0 unspecified atom stereocenters. The molecule has 1 aromatic carbocycles. The first-order valence-corrected chi connectivity index (χ1v) is 9.28. The predicted molar refractivity (Wildman–Crippen MR) is 103 cm³/mol. The second-order valence-electron chi connectivity index (χ2n) is 6.95. The van der Waals surface area contributed by atoms with Crippen molar-refractivity contribution in [2.45, 2.75) is 32.7 Å². The molecule has 3 heterocycles. The van der Waals surface area contributed by atoms with E-state index in [0.29, 0.717) is 18.0 Å². The molecule has 1 aliphatic heterocycles. The van der Waals surface area contributed by atoms with E-state index in [4.69, 9.17) is 9.26 Å². The second-order valence-corrected chi connectivity index (χ2v) is 6.95. The highest BCUT2D eigenvalue weighted by Crippen LogP contribution is 2.35. The topological polar surface area (TPSA) is 81.4 Å². The molecule has 7 heteroatoms. The lowest BCUT2D eigenvalue weighted by Crippen LogP contribution is -2.30. The fourth-order valence-corrected chi connectivity index (χ4v) is 3.76. The lowest BCUT2D eigenvalue weighted by molar-refractivity contribution is 0.0714. The van der Waals surface area contributed by atoms with Gasteiger partial charge in [-0.25, -0.2) is 9.97 Å². The summed E-state index contributed by atoms with van der Waals surface area (Å²) in [5, 5.41) is 3.97. The summed E-state index contributed by atoms with van der Waals surface area (Å²) in [5.74, 6) is 1.22. The van der Waals surface area contributed by atoms with Crippen LogP contribution < -0.4 is 4.74 Å². The van der Waals surface area contributed by atoms with Crippen molar-refractivity contribution in [3.05, 3.63) is 59.4 Å². The van der Waals surface area contributed by atoms with Crippen LogP contribution in [0.25, 0.3) is 11.1 Å². The van der Waals surface area contributed by atoms with Gasteiger partial charge in [0.1, 0.15) is 6.33 Å². The van der Waals surface area contributed by atoms with Crippen molar-refractivity contribution in [3.63, 3.8) is 0 Å². The van der Waals surface area contributed by atoms with Crippen molar-refractivity contribution >= 4 is 5.91 Å². The molecule has 1 aliphatic rings. The Balaban J connectivity index is 1.67. The smallest absolute Gasteiger partial charge is 0.254 e. The van der Waals surface area contributed by atoms with Crippen LogP contribution in [0.3, 0.4) is 0 Å². The van der Waals surface area contributed by atoms with Crippen molar-refractivity contribution in [2.24, 2.45) is 0 Å². The average Bonchev–Trinajstić information content (AvgIpc) is 3.36.